The summed E-state index contributed by atoms with van der Waals surface area (Å²) < 4.78 is 3.36. The number of urea groups is 1. The Balaban J connectivity index is 1.59. The Morgan fingerprint density at radius 1 is 1.04 bits per heavy atom. The lowest BCUT2D eigenvalue weighted by molar-refractivity contribution is 0.252. The Morgan fingerprint density at radius 3 is 2.25 bits per heavy atom. The van der Waals surface area contributed by atoms with E-state index in [1.54, 1.807) is 16.8 Å². The van der Waals surface area contributed by atoms with Gasteiger partial charge in [0.25, 0.3) is 0 Å². The van der Waals surface area contributed by atoms with Gasteiger partial charge in [0.1, 0.15) is 0 Å². The van der Waals surface area contributed by atoms with Crippen LogP contribution in [0.4, 0.5) is 16.2 Å². The first-order valence-corrected chi connectivity index (χ1v) is 8.94. The molecule has 2 aromatic carbocycles. The minimum atomic E-state index is -0.0209. The van der Waals surface area contributed by atoms with E-state index in [-0.39, 0.29) is 11.4 Å². The first-order valence-electron chi connectivity index (χ1n) is 8.12. The lowest BCUT2D eigenvalue weighted by Gasteiger charge is -2.19. The molecule has 1 heterocycles. The zero-order valence-corrected chi connectivity index (χ0v) is 15.1. The Labute approximate surface area is 147 Å². The molecule has 0 radical (unpaired) electrons. The van der Waals surface area contributed by atoms with Gasteiger partial charge in [0, 0.05) is 29.4 Å². The Bertz CT molecular complexity index is 705. The van der Waals surface area contributed by atoms with Crippen LogP contribution in [-0.4, -0.2) is 19.1 Å². The van der Waals surface area contributed by atoms with Crippen LogP contribution in [0.25, 0.3) is 0 Å². The summed E-state index contributed by atoms with van der Waals surface area (Å²) in [5.41, 5.74) is 3.51. The van der Waals surface area contributed by atoms with Gasteiger partial charge in [0.15, 0.2) is 0 Å². The fourth-order valence-corrected chi connectivity index (χ4v) is 3.21. The lowest BCUT2D eigenvalue weighted by Crippen LogP contribution is -2.27. The Hall–Kier alpha value is -2.14. The van der Waals surface area contributed by atoms with Gasteiger partial charge in [0.2, 0.25) is 0 Å². The summed E-state index contributed by atoms with van der Waals surface area (Å²) >= 11 is 1.57. The predicted molar refractivity (Wildman–Crippen MR) is 102 cm³/mol. The molecule has 1 fully saturated rings. The van der Waals surface area contributed by atoms with Gasteiger partial charge in [0.05, 0.1) is 0 Å². The molecule has 3 rings (SSSR count). The summed E-state index contributed by atoms with van der Waals surface area (Å²) in [6.07, 6.45) is 0. The molecule has 126 valence electrons. The number of carbonyl (C=O) groups is 1. The third-order valence-electron chi connectivity index (χ3n) is 4.04. The summed E-state index contributed by atoms with van der Waals surface area (Å²) in [6, 6.07) is 16.6. The number of carbonyl (C=O) groups excluding carboxylic acids is 1. The van der Waals surface area contributed by atoms with E-state index in [1.165, 1.54) is 5.56 Å². The minimum absolute atomic E-state index is 0.0209. The molecule has 2 amide bonds. The van der Waals surface area contributed by atoms with Crippen molar-refractivity contribution in [2.45, 2.75) is 31.1 Å². The van der Waals surface area contributed by atoms with E-state index in [2.05, 4.69) is 55.1 Å². The summed E-state index contributed by atoms with van der Waals surface area (Å²) in [7, 11) is 0. The maximum absolute atomic E-state index is 11.7. The molecule has 0 unspecified atom stereocenters. The van der Waals surface area contributed by atoms with E-state index >= 15 is 0 Å². The molecule has 2 N–H and O–H groups in total. The van der Waals surface area contributed by atoms with Crippen LogP contribution < -0.4 is 14.9 Å². The molecule has 4 nitrogen and oxygen atoms in total. The number of amides is 2. The smallest absolute Gasteiger partial charge is 0.321 e. The van der Waals surface area contributed by atoms with Crippen LogP contribution >= 0.6 is 11.9 Å². The first kappa shape index (κ1) is 16.7. The van der Waals surface area contributed by atoms with E-state index < -0.39 is 0 Å². The van der Waals surface area contributed by atoms with Crippen molar-refractivity contribution in [3.8, 4) is 0 Å². The van der Waals surface area contributed by atoms with Crippen LogP contribution in [0.1, 0.15) is 26.3 Å². The fourth-order valence-electron chi connectivity index (χ4n) is 2.57. The molecule has 0 aliphatic carbocycles. The van der Waals surface area contributed by atoms with Crippen LogP contribution in [0, 0.1) is 0 Å². The van der Waals surface area contributed by atoms with Crippen LogP contribution in [0.5, 0.6) is 0 Å². The standard InChI is InChI=1S/C19H23N3OS/c1-19(2,3)14-4-6-15(7-5-14)21-24-17-10-8-16(9-11-17)22-13-12-20-18(22)23/h4-11,21H,12-13H2,1-3H3,(H,20,23). The van der Waals surface area contributed by atoms with Crippen LogP contribution in [0.3, 0.4) is 0 Å². The third kappa shape index (κ3) is 3.85. The molecule has 0 aromatic heterocycles. The Morgan fingerprint density at radius 2 is 1.71 bits per heavy atom. The SMILES string of the molecule is CC(C)(C)c1ccc(NSc2ccc(N3CCNC3=O)cc2)cc1. The molecule has 1 aliphatic heterocycles. The monoisotopic (exact) mass is 341 g/mol. The number of benzene rings is 2. The fraction of sp³-hybridized carbons (Fsp3) is 0.316. The van der Waals surface area contributed by atoms with Crippen molar-refractivity contribution < 1.29 is 4.79 Å². The number of nitrogens with zero attached hydrogens (tertiary/aromatic N) is 1. The van der Waals surface area contributed by atoms with Gasteiger partial charge >= 0.3 is 6.03 Å². The highest BCUT2D eigenvalue weighted by Gasteiger charge is 2.20. The maximum Gasteiger partial charge on any atom is 0.321 e. The largest absolute Gasteiger partial charge is 0.336 e. The van der Waals surface area contributed by atoms with Gasteiger partial charge in [-0.25, -0.2) is 4.79 Å². The molecular formula is C19H23N3OS. The lowest BCUT2D eigenvalue weighted by atomic mass is 9.87. The summed E-state index contributed by atoms with van der Waals surface area (Å²) in [6.45, 7) is 8.08. The predicted octanol–water partition coefficient (Wildman–Crippen LogP) is 4.63. The van der Waals surface area contributed by atoms with E-state index in [1.807, 2.05) is 24.3 Å². The van der Waals surface area contributed by atoms with Gasteiger partial charge in [-0.2, -0.15) is 0 Å². The molecule has 24 heavy (non-hydrogen) atoms. The van der Waals surface area contributed by atoms with Crippen molar-refractivity contribution in [2.24, 2.45) is 0 Å². The molecule has 5 heteroatoms. The molecule has 0 saturated carbocycles. The number of hydrogen-bond acceptors (Lipinski definition) is 3. The Kier molecular flexibility index (Phi) is 4.71. The number of rotatable bonds is 4. The summed E-state index contributed by atoms with van der Waals surface area (Å²) in [4.78, 5) is 14.5. The summed E-state index contributed by atoms with van der Waals surface area (Å²) in [5, 5.41) is 2.81. The van der Waals surface area contributed by atoms with Crippen molar-refractivity contribution in [2.75, 3.05) is 22.7 Å². The van der Waals surface area contributed by atoms with Gasteiger partial charge in [-0.15, -0.1) is 0 Å². The third-order valence-corrected chi connectivity index (χ3v) is 4.89. The van der Waals surface area contributed by atoms with Gasteiger partial charge in [-0.05, 0) is 59.3 Å². The van der Waals surface area contributed by atoms with Gasteiger partial charge < -0.3 is 10.0 Å². The van der Waals surface area contributed by atoms with E-state index in [4.69, 9.17) is 0 Å². The molecule has 2 aromatic rings. The van der Waals surface area contributed by atoms with Crippen molar-refractivity contribution in [1.29, 1.82) is 0 Å². The average Bonchev–Trinajstić information content (AvgIpc) is 2.99. The van der Waals surface area contributed by atoms with Crippen molar-refractivity contribution in [3.63, 3.8) is 0 Å². The van der Waals surface area contributed by atoms with Gasteiger partial charge in [-0.1, -0.05) is 32.9 Å². The highest BCUT2D eigenvalue weighted by Crippen LogP contribution is 2.27. The number of nitrogens with one attached hydrogen (secondary N) is 2. The molecule has 0 atom stereocenters. The van der Waals surface area contributed by atoms with Crippen LogP contribution in [0.2, 0.25) is 0 Å². The zero-order valence-electron chi connectivity index (χ0n) is 14.3. The van der Waals surface area contributed by atoms with E-state index in [0.717, 1.165) is 22.8 Å². The topological polar surface area (TPSA) is 44.4 Å². The second-order valence-corrected chi connectivity index (χ2v) is 7.79. The van der Waals surface area contributed by atoms with Crippen molar-refractivity contribution >= 4 is 29.4 Å². The quantitative estimate of drug-likeness (QED) is 0.797. The highest BCUT2D eigenvalue weighted by atomic mass is 32.2. The van der Waals surface area contributed by atoms with Crippen LogP contribution in [-0.2, 0) is 5.41 Å². The van der Waals surface area contributed by atoms with Crippen LogP contribution in [0.15, 0.2) is 53.4 Å². The molecular weight excluding hydrogens is 318 g/mol. The second-order valence-electron chi connectivity index (χ2n) is 6.91. The van der Waals surface area contributed by atoms with E-state index in [9.17, 15) is 4.79 Å². The minimum Gasteiger partial charge on any atom is -0.336 e. The number of anilines is 2. The highest BCUT2D eigenvalue weighted by molar-refractivity contribution is 8.00. The first-order chi connectivity index (χ1) is 11.4. The molecule has 1 saturated heterocycles. The molecule has 0 spiro atoms. The average molecular weight is 341 g/mol. The molecule has 1 aliphatic rings. The second kappa shape index (κ2) is 6.77. The molecule has 0 bridgehead atoms. The van der Waals surface area contributed by atoms with Gasteiger partial charge in [-0.3, -0.25) is 4.90 Å². The van der Waals surface area contributed by atoms with Crippen molar-refractivity contribution in [1.82, 2.24) is 5.32 Å². The number of hydrogen-bond donors (Lipinski definition) is 2. The maximum atomic E-state index is 11.7. The zero-order chi connectivity index (χ0) is 17.2. The summed E-state index contributed by atoms with van der Waals surface area (Å²) in [5.74, 6) is 0. The normalized spacial score (nSPS) is 14.6. The van der Waals surface area contributed by atoms with Crippen molar-refractivity contribution in [3.05, 3.63) is 54.1 Å². The van der Waals surface area contributed by atoms with E-state index in [0.29, 0.717) is 6.54 Å².